The second-order valence-corrected chi connectivity index (χ2v) is 6.01. The summed E-state index contributed by atoms with van der Waals surface area (Å²) in [6, 6.07) is 7.53. The van der Waals surface area contributed by atoms with E-state index >= 15 is 0 Å². The van der Waals surface area contributed by atoms with Crippen LogP contribution in [0.5, 0.6) is 0 Å². The Labute approximate surface area is 158 Å². The minimum atomic E-state index is -0.529. The van der Waals surface area contributed by atoms with E-state index in [9.17, 15) is 4.79 Å². The molecule has 2 aromatic heterocycles. The van der Waals surface area contributed by atoms with Crippen molar-refractivity contribution in [3.8, 4) is 0 Å². The molecule has 1 aliphatic heterocycles. The van der Waals surface area contributed by atoms with Gasteiger partial charge in [-0.1, -0.05) is 18.2 Å². The lowest BCUT2D eigenvalue weighted by Gasteiger charge is -2.28. The van der Waals surface area contributed by atoms with Crippen molar-refractivity contribution >= 4 is 41.6 Å². The van der Waals surface area contributed by atoms with E-state index in [1.807, 2.05) is 29.3 Å². The largest absolute Gasteiger partial charge is 0.361 e. The highest BCUT2D eigenvalue weighted by atomic mass is 35.5. The van der Waals surface area contributed by atoms with Gasteiger partial charge >= 0.3 is 0 Å². The molecule has 0 unspecified atom stereocenters. The second kappa shape index (κ2) is 7.91. The number of aromatic nitrogens is 3. The van der Waals surface area contributed by atoms with E-state index < -0.39 is 6.04 Å². The number of fused-ring (bicyclic) bond motifs is 2. The van der Waals surface area contributed by atoms with Gasteiger partial charge in [0.1, 0.15) is 0 Å². The van der Waals surface area contributed by atoms with Crippen molar-refractivity contribution in [3.05, 3.63) is 53.7 Å². The summed E-state index contributed by atoms with van der Waals surface area (Å²) in [7, 11) is 0. The number of nitrogens with one attached hydrogen (secondary N) is 2. The lowest BCUT2D eigenvalue weighted by atomic mass is 10.0. The fourth-order valence-electron chi connectivity index (χ4n) is 3.26. The van der Waals surface area contributed by atoms with Crippen molar-refractivity contribution in [2.24, 2.45) is 5.73 Å². The van der Waals surface area contributed by atoms with Gasteiger partial charge in [0, 0.05) is 30.1 Å². The fourth-order valence-corrected chi connectivity index (χ4v) is 3.26. The number of carbonyl (C=O) groups excluding carboxylic acids is 1. The molecule has 4 N–H and O–H groups in total. The summed E-state index contributed by atoms with van der Waals surface area (Å²) in [6.07, 6.45) is 4.95. The summed E-state index contributed by atoms with van der Waals surface area (Å²) in [5.41, 5.74) is 10.4. The predicted molar refractivity (Wildman–Crippen MR) is 102 cm³/mol. The van der Waals surface area contributed by atoms with Crippen LogP contribution in [0.25, 0.3) is 10.9 Å². The minimum Gasteiger partial charge on any atom is -0.361 e. The second-order valence-electron chi connectivity index (χ2n) is 6.01. The molecule has 1 atom stereocenters. The Morgan fingerprint density at radius 1 is 1.28 bits per heavy atom. The van der Waals surface area contributed by atoms with E-state index in [2.05, 4.69) is 21.0 Å². The zero-order chi connectivity index (χ0) is 15.8. The molecule has 1 aromatic carbocycles. The molecule has 6 nitrogen and oxygen atoms in total. The number of amides is 1. The fraction of sp³-hybridized carbons (Fsp3) is 0.294. The van der Waals surface area contributed by atoms with Crippen LogP contribution in [-0.4, -0.2) is 38.3 Å². The number of aromatic amines is 2. The third-order valence-corrected chi connectivity index (χ3v) is 4.52. The zero-order valence-corrected chi connectivity index (χ0v) is 15.2. The summed E-state index contributed by atoms with van der Waals surface area (Å²) in [6.45, 7) is 1.24. The van der Waals surface area contributed by atoms with Crippen LogP contribution in [-0.2, 0) is 24.2 Å². The van der Waals surface area contributed by atoms with Crippen LogP contribution in [0.15, 0.2) is 36.8 Å². The Balaban J connectivity index is 0.00000113. The number of rotatable bonds is 3. The van der Waals surface area contributed by atoms with Crippen LogP contribution in [0.2, 0.25) is 0 Å². The summed E-state index contributed by atoms with van der Waals surface area (Å²) >= 11 is 0. The van der Waals surface area contributed by atoms with Gasteiger partial charge in [-0.2, -0.15) is 0 Å². The standard InChI is InChI=1S/C17H19N5O.2ClH/c18-13(7-11-8-19-14-4-2-1-3-12(11)14)17(23)22-6-5-15-16(9-22)21-10-20-15;;/h1-4,8,10,13,19H,5-7,9,18H2,(H,20,21);2*1H/t13-;;/m1../s1. The molecular weight excluding hydrogens is 361 g/mol. The molecule has 3 aromatic rings. The van der Waals surface area contributed by atoms with Gasteiger partial charge in [0.15, 0.2) is 0 Å². The number of benzene rings is 1. The monoisotopic (exact) mass is 381 g/mol. The van der Waals surface area contributed by atoms with E-state index in [-0.39, 0.29) is 30.7 Å². The third kappa shape index (κ3) is 3.66. The number of carbonyl (C=O) groups is 1. The Hall–Kier alpha value is -2.02. The number of H-pyrrole nitrogens is 2. The number of imidazole rings is 1. The van der Waals surface area contributed by atoms with Crippen LogP contribution in [0.3, 0.4) is 0 Å². The zero-order valence-electron chi connectivity index (χ0n) is 13.6. The van der Waals surface area contributed by atoms with Gasteiger partial charge in [-0.3, -0.25) is 4.79 Å². The number of halogens is 2. The lowest BCUT2D eigenvalue weighted by molar-refractivity contribution is -0.133. The number of hydrogen-bond donors (Lipinski definition) is 3. The van der Waals surface area contributed by atoms with Crippen LogP contribution in [0.4, 0.5) is 0 Å². The first-order valence-corrected chi connectivity index (χ1v) is 7.83. The van der Waals surface area contributed by atoms with Crippen LogP contribution in [0.1, 0.15) is 17.0 Å². The molecule has 25 heavy (non-hydrogen) atoms. The molecule has 0 saturated carbocycles. The molecule has 0 radical (unpaired) electrons. The van der Waals surface area contributed by atoms with Crippen molar-refractivity contribution in [3.63, 3.8) is 0 Å². The molecule has 4 rings (SSSR count). The number of nitrogens with zero attached hydrogens (tertiary/aromatic N) is 2. The molecule has 3 heterocycles. The van der Waals surface area contributed by atoms with Gasteiger partial charge in [-0.25, -0.2) is 4.98 Å². The summed E-state index contributed by atoms with van der Waals surface area (Å²) < 4.78 is 0. The van der Waals surface area contributed by atoms with Gasteiger partial charge in [-0.05, 0) is 18.1 Å². The average molecular weight is 382 g/mol. The van der Waals surface area contributed by atoms with Crippen molar-refractivity contribution in [1.29, 1.82) is 0 Å². The van der Waals surface area contributed by atoms with E-state index in [1.165, 1.54) is 0 Å². The molecule has 0 spiro atoms. The quantitative estimate of drug-likeness (QED) is 0.649. The highest BCUT2D eigenvalue weighted by molar-refractivity contribution is 5.86. The third-order valence-electron chi connectivity index (χ3n) is 4.52. The average Bonchev–Trinajstić information content (AvgIpc) is 3.20. The van der Waals surface area contributed by atoms with E-state index in [0.29, 0.717) is 19.5 Å². The molecule has 1 amide bonds. The van der Waals surface area contributed by atoms with Gasteiger partial charge in [0.05, 0.1) is 30.3 Å². The molecule has 0 fully saturated rings. The Morgan fingerprint density at radius 2 is 2.08 bits per heavy atom. The molecule has 0 aliphatic carbocycles. The van der Waals surface area contributed by atoms with Crippen molar-refractivity contribution in [2.45, 2.75) is 25.4 Å². The first kappa shape index (κ1) is 19.3. The van der Waals surface area contributed by atoms with Gasteiger partial charge in [0.2, 0.25) is 5.91 Å². The summed E-state index contributed by atoms with van der Waals surface area (Å²) in [5, 5.41) is 1.13. The summed E-state index contributed by atoms with van der Waals surface area (Å²) in [4.78, 5) is 25.1. The molecule has 1 aliphatic rings. The molecule has 8 heteroatoms. The highest BCUT2D eigenvalue weighted by Crippen LogP contribution is 2.20. The Kier molecular flexibility index (Phi) is 6.11. The highest BCUT2D eigenvalue weighted by Gasteiger charge is 2.26. The van der Waals surface area contributed by atoms with Gasteiger partial charge in [0.25, 0.3) is 0 Å². The van der Waals surface area contributed by atoms with E-state index in [0.717, 1.165) is 34.3 Å². The van der Waals surface area contributed by atoms with Gasteiger partial charge < -0.3 is 20.6 Å². The first-order valence-electron chi connectivity index (χ1n) is 7.83. The SMILES string of the molecule is Cl.Cl.N[C@H](Cc1c[nH]c2ccccc12)C(=O)N1CCc2nc[nH]c2C1. The summed E-state index contributed by atoms with van der Waals surface area (Å²) in [5.74, 6) is -0.00414. The normalized spacial score (nSPS) is 14.4. The Morgan fingerprint density at radius 3 is 2.92 bits per heavy atom. The first-order chi connectivity index (χ1) is 11.2. The molecule has 134 valence electrons. The van der Waals surface area contributed by atoms with Crippen molar-refractivity contribution in [2.75, 3.05) is 6.54 Å². The van der Waals surface area contributed by atoms with Crippen LogP contribution < -0.4 is 5.73 Å². The van der Waals surface area contributed by atoms with Crippen LogP contribution >= 0.6 is 24.8 Å². The molecular formula is C17H21Cl2N5O. The maximum Gasteiger partial charge on any atom is 0.240 e. The molecule has 0 saturated heterocycles. The van der Waals surface area contributed by atoms with Gasteiger partial charge in [-0.15, -0.1) is 24.8 Å². The maximum absolute atomic E-state index is 12.6. The van der Waals surface area contributed by atoms with Crippen molar-refractivity contribution in [1.82, 2.24) is 19.9 Å². The lowest BCUT2D eigenvalue weighted by Crippen LogP contribution is -2.46. The Bertz CT molecular complexity index is 859. The predicted octanol–water partition coefficient (Wildman–Crippen LogP) is 2.19. The number of para-hydroxylation sites is 1. The smallest absolute Gasteiger partial charge is 0.240 e. The van der Waals surface area contributed by atoms with E-state index in [4.69, 9.17) is 5.73 Å². The van der Waals surface area contributed by atoms with Crippen LogP contribution in [0, 0.1) is 0 Å². The topological polar surface area (TPSA) is 90.8 Å². The maximum atomic E-state index is 12.6. The number of nitrogens with two attached hydrogens (primary N) is 1. The molecule has 0 bridgehead atoms. The minimum absolute atomic E-state index is 0. The number of hydrogen-bond acceptors (Lipinski definition) is 3. The van der Waals surface area contributed by atoms with E-state index in [1.54, 1.807) is 6.33 Å². The van der Waals surface area contributed by atoms with Crippen molar-refractivity contribution < 1.29 is 4.79 Å².